The molecular weight excluding hydrogens is 272 g/mol. The van der Waals surface area contributed by atoms with E-state index in [2.05, 4.69) is 17.6 Å². The summed E-state index contributed by atoms with van der Waals surface area (Å²) in [5, 5.41) is 14.1. The highest BCUT2D eigenvalue weighted by Crippen LogP contribution is 2.31. The van der Waals surface area contributed by atoms with Crippen molar-refractivity contribution in [2.45, 2.75) is 63.9 Å². The molecule has 0 aromatic carbocycles. The number of amides is 2. The van der Waals surface area contributed by atoms with E-state index in [9.17, 15) is 9.59 Å². The fraction of sp³-hybridized carbons (Fsp3) is 0.867. The Hall–Kier alpha value is -1.30. The van der Waals surface area contributed by atoms with Crippen LogP contribution in [0.2, 0.25) is 0 Å². The van der Waals surface area contributed by atoms with Gasteiger partial charge in [0.1, 0.15) is 0 Å². The molecule has 21 heavy (non-hydrogen) atoms. The zero-order valence-corrected chi connectivity index (χ0v) is 13.0. The van der Waals surface area contributed by atoms with E-state index in [0.717, 1.165) is 38.7 Å². The van der Waals surface area contributed by atoms with Crippen LogP contribution in [-0.4, -0.2) is 42.4 Å². The maximum Gasteiger partial charge on any atom is 0.314 e. The summed E-state index contributed by atoms with van der Waals surface area (Å²) in [5.41, 5.74) is -0.216. The smallest absolute Gasteiger partial charge is 0.314 e. The number of aliphatic carboxylic acids is 1. The van der Waals surface area contributed by atoms with E-state index in [4.69, 9.17) is 9.84 Å². The molecule has 122 valence electrons. The van der Waals surface area contributed by atoms with E-state index in [1.165, 1.54) is 6.42 Å². The van der Waals surface area contributed by atoms with Gasteiger partial charge in [-0.15, -0.1) is 0 Å². The van der Waals surface area contributed by atoms with Crippen molar-refractivity contribution in [3.63, 3.8) is 0 Å². The number of carbonyl (C=O) groups is 2. The molecule has 0 radical (unpaired) electrons. The molecule has 0 spiro atoms. The summed E-state index contributed by atoms with van der Waals surface area (Å²) in [6, 6.07) is -0.245. The molecule has 0 aromatic rings. The highest BCUT2D eigenvalue weighted by atomic mass is 16.5. The minimum Gasteiger partial charge on any atom is -0.481 e. The zero-order valence-electron chi connectivity index (χ0n) is 13.0. The lowest BCUT2D eigenvalue weighted by Gasteiger charge is -2.37. The van der Waals surface area contributed by atoms with Gasteiger partial charge in [0, 0.05) is 26.1 Å². The third-order valence-electron chi connectivity index (χ3n) is 3.80. The lowest BCUT2D eigenvalue weighted by atomic mass is 9.84. The molecule has 1 saturated carbocycles. The number of ether oxygens (including phenoxy) is 1. The van der Waals surface area contributed by atoms with Crippen LogP contribution in [0.1, 0.15) is 58.3 Å². The molecule has 0 atom stereocenters. The molecule has 0 heterocycles. The van der Waals surface area contributed by atoms with E-state index in [0.29, 0.717) is 19.5 Å². The van der Waals surface area contributed by atoms with Gasteiger partial charge in [0.15, 0.2) is 0 Å². The molecular formula is C15H28N2O4. The van der Waals surface area contributed by atoms with Crippen LogP contribution in [0, 0.1) is 0 Å². The molecule has 1 aliphatic carbocycles. The summed E-state index contributed by atoms with van der Waals surface area (Å²) in [4.78, 5) is 22.1. The van der Waals surface area contributed by atoms with Crippen LogP contribution in [0.25, 0.3) is 0 Å². The van der Waals surface area contributed by atoms with Gasteiger partial charge < -0.3 is 20.5 Å². The second-order valence-corrected chi connectivity index (χ2v) is 5.70. The van der Waals surface area contributed by atoms with Crippen LogP contribution in [0.4, 0.5) is 4.79 Å². The highest BCUT2D eigenvalue weighted by molar-refractivity contribution is 5.74. The quantitative estimate of drug-likeness (QED) is 0.570. The molecule has 0 saturated heterocycles. The van der Waals surface area contributed by atoms with Gasteiger partial charge in [0.05, 0.1) is 5.60 Å². The minimum absolute atomic E-state index is 0.0732. The van der Waals surface area contributed by atoms with E-state index in [1.54, 1.807) is 0 Å². The topological polar surface area (TPSA) is 87.7 Å². The molecule has 6 heteroatoms. The van der Waals surface area contributed by atoms with Gasteiger partial charge in [0.2, 0.25) is 0 Å². The Morgan fingerprint density at radius 3 is 2.52 bits per heavy atom. The first-order chi connectivity index (χ1) is 10.1. The van der Waals surface area contributed by atoms with Crippen LogP contribution in [0.3, 0.4) is 0 Å². The highest BCUT2D eigenvalue weighted by Gasteiger charge is 2.33. The lowest BCUT2D eigenvalue weighted by Crippen LogP contribution is -2.49. The largest absolute Gasteiger partial charge is 0.481 e. The number of rotatable bonds is 9. The van der Waals surface area contributed by atoms with Gasteiger partial charge >= 0.3 is 12.0 Å². The molecule has 1 rings (SSSR count). The number of carboxylic acid groups (broad SMARTS) is 1. The predicted molar refractivity (Wildman–Crippen MR) is 80.3 cm³/mol. The molecule has 1 fully saturated rings. The molecule has 1 aliphatic rings. The van der Waals surface area contributed by atoms with Crippen molar-refractivity contribution in [2.75, 3.05) is 19.7 Å². The van der Waals surface area contributed by atoms with E-state index >= 15 is 0 Å². The van der Waals surface area contributed by atoms with Crippen molar-refractivity contribution in [3.05, 3.63) is 0 Å². The standard InChI is InChI=1S/C15H28N2O4/c1-2-11-21-15(8-4-3-5-9-15)12-17-14(20)16-10-6-7-13(18)19/h2-12H2,1H3,(H,18,19)(H2,16,17,20). The molecule has 0 aromatic heterocycles. The van der Waals surface area contributed by atoms with Crippen LogP contribution in [0.15, 0.2) is 0 Å². The molecule has 3 N–H and O–H groups in total. The van der Waals surface area contributed by atoms with Crippen LogP contribution in [-0.2, 0) is 9.53 Å². The van der Waals surface area contributed by atoms with E-state index in [1.807, 2.05) is 0 Å². The number of hydrogen-bond donors (Lipinski definition) is 3. The first-order valence-corrected chi connectivity index (χ1v) is 7.95. The lowest BCUT2D eigenvalue weighted by molar-refractivity contribution is -0.137. The molecule has 2 amide bonds. The third-order valence-corrected chi connectivity index (χ3v) is 3.80. The Labute approximate surface area is 126 Å². The van der Waals surface area contributed by atoms with Gasteiger partial charge in [-0.05, 0) is 25.7 Å². The van der Waals surface area contributed by atoms with E-state index < -0.39 is 5.97 Å². The summed E-state index contributed by atoms with van der Waals surface area (Å²) in [6.45, 7) is 3.71. The number of hydrogen-bond acceptors (Lipinski definition) is 3. The Morgan fingerprint density at radius 1 is 1.19 bits per heavy atom. The molecule has 0 unspecified atom stereocenters. The van der Waals surface area contributed by atoms with Gasteiger partial charge in [-0.25, -0.2) is 4.79 Å². The van der Waals surface area contributed by atoms with Gasteiger partial charge in [-0.2, -0.15) is 0 Å². The Kier molecular flexibility index (Phi) is 8.12. The summed E-state index contributed by atoms with van der Waals surface area (Å²) in [6.07, 6.45) is 7.00. The normalized spacial score (nSPS) is 17.2. The monoisotopic (exact) mass is 300 g/mol. The van der Waals surface area contributed by atoms with Crippen molar-refractivity contribution < 1.29 is 19.4 Å². The third kappa shape index (κ3) is 7.32. The fourth-order valence-corrected chi connectivity index (χ4v) is 2.63. The maximum atomic E-state index is 11.7. The average molecular weight is 300 g/mol. The minimum atomic E-state index is -0.841. The second kappa shape index (κ2) is 9.60. The predicted octanol–water partition coefficient (Wildman–Crippen LogP) is 2.28. The zero-order chi connectivity index (χ0) is 15.6. The molecule has 6 nitrogen and oxygen atoms in total. The van der Waals surface area contributed by atoms with Crippen molar-refractivity contribution in [3.8, 4) is 0 Å². The summed E-state index contributed by atoms with van der Waals surface area (Å²) < 4.78 is 6.01. The Balaban J connectivity index is 2.28. The first-order valence-electron chi connectivity index (χ1n) is 7.95. The summed E-state index contributed by atoms with van der Waals surface area (Å²) in [5.74, 6) is -0.841. The van der Waals surface area contributed by atoms with Crippen molar-refractivity contribution in [2.24, 2.45) is 0 Å². The summed E-state index contributed by atoms with van der Waals surface area (Å²) >= 11 is 0. The number of carboxylic acids is 1. The van der Waals surface area contributed by atoms with Crippen LogP contribution < -0.4 is 10.6 Å². The average Bonchev–Trinajstić information content (AvgIpc) is 2.48. The van der Waals surface area contributed by atoms with Gasteiger partial charge in [-0.1, -0.05) is 26.2 Å². The SMILES string of the molecule is CCCOC1(CNC(=O)NCCCC(=O)O)CCCCC1. The van der Waals surface area contributed by atoms with Gasteiger partial charge in [-0.3, -0.25) is 4.79 Å². The molecule has 0 aliphatic heterocycles. The first kappa shape index (κ1) is 17.8. The second-order valence-electron chi connectivity index (χ2n) is 5.70. The Morgan fingerprint density at radius 2 is 1.90 bits per heavy atom. The van der Waals surface area contributed by atoms with Crippen LogP contribution >= 0.6 is 0 Å². The van der Waals surface area contributed by atoms with Crippen molar-refractivity contribution in [1.29, 1.82) is 0 Å². The number of carbonyl (C=O) groups excluding carboxylic acids is 1. The summed E-state index contributed by atoms with van der Waals surface area (Å²) in [7, 11) is 0. The van der Waals surface area contributed by atoms with Crippen molar-refractivity contribution in [1.82, 2.24) is 10.6 Å². The van der Waals surface area contributed by atoms with Crippen molar-refractivity contribution >= 4 is 12.0 Å². The fourth-order valence-electron chi connectivity index (χ4n) is 2.63. The van der Waals surface area contributed by atoms with E-state index in [-0.39, 0.29) is 18.1 Å². The number of nitrogens with one attached hydrogen (secondary N) is 2. The van der Waals surface area contributed by atoms with Crippen LogP contribution in [0.5, 0.6) is 0 Å². The van der Waals surface area contributed by atoms with Gasteiger partial charge in [0.25, 0.3) is 0 Å². The number of urea groups is 1. The Bertz CT molecular complexity index is 328. The molecule has 0 bridgehead atoms. The maximum absolute atomic E-state index is 11.7.